The number of hydrogen-bond acceptors (Lipinski definition) is 5. The van der Waals surface area contributed by atoms with E-state index in [4.69, 9.17) is 5.73 Å². The second-order valence-corrected chi connectivity index (χ2v) is 8.41. The van der Waals surface area contributed by atoms with Crippen molar-refractivity contribution < 1.29 is 14.4 Å². The molecule has 3 aliphatic rings. The van der Waals surface area contributed by atoms with E-state index in [0.29, 0.717) is 18.5 Å². The summed E-state index contributed by atoms with van der Waals surface area (Å²) >= 11 is 0. The van der Waals surface area contributed by atoms with Gasteiger partial charge in [-0.2, -0.15) is 0 Å². The summed E-state index contributed by atoms with van der Waals surface area (Å²) < 4.78 is 0. The highest BCUT2D eigenvalue weighted by Gasteiger charge is 2.39. The van der Waals surface area contributed by atoms with Gasteiger partial charge in [0.1, 0.15) is 6.04 Å². The predicted octanol–water partition coefficient (Wildman–Crippen LogP) is 1.06. The molecule has 150 valence electrons. The molecule has 2 fully saturated rings. The molecular weight excluding hydrogens is 356 g/mol. The molecule has 0 spiro atoms. The van der Waals surface area contributed by atoms with E-state index < -0.39 is 6.04 Å². The Balaban J connectivity index is 1.39. The van der Waals surface area contributed by atoms with Crippen molar-refractivity contribution in [2.24, 2.45) is 11.1 Å². The normalized spacial score (nSPS) is 23.8. The van der Waals surface area contributed by atoms with Crippen molar-refractivity contribution in [3.8, 4) is 0 Å². The van der Waals surface area contributed by atoms with Crippen LogP contribution < -0.4 is 16.4 Å². The van der Waals surface area contributed by atoms with Gasteiger partial charge < -0.3 is 16.0 Å². The Bertz CT molecular complexity index is 801. The van der Waals surface area contributed by atoms with Gasteiger partial charge in [0.2, 0.25) is 11.8 Å². The molecule has 1 saturated heterocycles. The number of hydrogen-bond donors (Lipinski definition) is 3. The van der Waals surface area contributed by atoms with Gasteiger partial charge in [-0.3, -0.25) is 19.7 Å². The molecule has 0 radical (unpaired) electrons. The lowest BCUT2D eigenvalue weighted by Crippen LogP contribution is -2.52. The average Bonchev–Trinajstić information content (AvgIpc) is 3.27. The van der Waals surface area contributed by atoms with Crippen molar-refractivity contribution >= 4 is 17.7 Å². The van der Waals surface area contributed by atoms with Crippen LogP contribution in [0.15, 0.2) is 18.2 Å². The molecule has 28 heavy (non-hydrogen) atoms. The first-order chi connectivity index (χ1) is 13.5. The second kappa shape index (κ2) is 7.64. The lowest BCUT2D eigenvalue weighted by Gasteiger charge is -2.29. The van der Waals surface area contributed by atoms with E-state index >= 15 is 0 Å². The molecule has 7 heteroatoms. The molecule has 4 rings (SSSR count). The smallest absolute Gasteiger partial charge is 0.255 e. The first-order valence-corrected chi connectivity index (χ1v) is 10.2. The predicted molar refractivity (Wildman–Crippen MR) is 104 cm³/mol. The molecule has 1 aromatic carbocycles. The molecule has 1 aromatic rings. The number of piperidine rings is 1. The molecule has 1 saturated carbocycles. The van der Waals surface area contributed by atoms with Crippen molar-refractivity contribution in [1.29, 1.82) is 0 Å². The van der Waals surface area contributed by atoms with Crippen LogP contribution in [-0.4, -0.2) is 41.8 Å². The van der Waals surface area contributed by atoms with Crippen molar-refractivity contribution in [2.45, 2.75) is 57.7 Å². The number of carbonyl (C=O) groups excluding carboxylic acids is 3. The fraction of sp³-hybridized carbons (Fsp3) is 0.571. The Morgan fingerprint density at radius 2 is 2.00 bits per heavy atom. The van der Waals surface area contributed by atoms with Crippen LogP contribution in [0.5, 0.6) is 0 Å². The SMILES string of the molecule is NCC1(CNCc2ccc3c(c2)CN(C2CCC(=O)NC2=O)C3=O)CCCC1. The number of benzene rings is 1. The van der Waals surface area contributed by atoms with Gasteiger partial charge in [-0.1, -0.05) is 25.0 Å². The van der Waals surface area contributed by atoms with E-state index in [1.54, 1.807) is 4.90 Å². The fourth-order valence-corrected chi connectivity index (χ4v) is 4.79. The Hall–Kier alpha value is -2.25. The van der Waals surface area contributed by atoms with Crippen LogP contribution in [0.3, 0.4) is 0 Å². The minimum absolute atomic E-state index is 0.128. The second-order valence-electron chi connectivity index (χ2n) is 8.41. The van der Waals surface area contributed by atoms with E-state index in [2.05, 4.69) is 16.7 Å². The van der Waals surface area contributed by atoms with Gasteiger partial charge in [0, 0.05) is 31.6 Å². The number of nitrogens with zero attached hydrogens (tertiary/aromatic N) is 1. The maximum absolute atomic E-state index is 12.7. The Labute approximate surface area is 165 Å². The highest BCUT2D eigenvalue weighted by atomic mass is 16.2. The van der Waals surface area contributed by atoms with Gasteiger partial charge in [0.05, 0.1) is 0 Å². The van der Waals surface area contributed by atoms with Crippen LogP contribution in [0.4, 0.5) is 0 Å². The Morgan fingerprint density at radius 3 is 2.71 bits per heavy atom. The fourth-order valence-electron chi connectivity index (χ4n) is 4.79. The van der Waals surface area contributed by atoms with Crippen molar-refractivity contribution in [2.75, 3.05) is 13.1 Å². The number of nitrogens with one attached hydrogen (secondary N) is 2. The maximum atomic E-state index is 12.7. The third-order valence-electron chi connectivity index (χ3n) is 6.51. The van der Waals surface area contributed by atoms with Crippen LogP contribution in [0.25, 0.3) is 0 Å². The molecule has 0 bridgehead atoms. The number of fused-ring (bicyclic) bond motifs is 1. The van der Waals surface area contributed by atoms with Crippen molar-refractivity contribution in [3.05, 3.63) is 34.9 Å². The average molecular weight is 384 g/mol. The van der Waals surface area contributed by atoms with Crippen LogP contribution in [0.2, 0.25) is 0 Å². The topological polar surface area (TPSA) is 105 Å². The van der Waals surface area contributed by atoms with Crippen molar-refractivity contribution in [3.63, 3.8) is 0 Å². The van der Waals surface area contributed by atoms with Crippen molar-refractivity contribution in [1.82, 2.24) is 15.5 Å². The molecule has 1 atom stereocenters. The largest absolute Gasteiger partial charge is 0.330 e. The van der Waals surface area contributed by atoms with Crippen LogP contribution in [0.1, 0.15) is 60.0 Å². The first-order valence-electron chi connectivity index (χ1n) is 10.2. The summed E-state index contributed by atoms with van der Waals surface area (Å²) in [7, 11) is 0. The summed E-state index contributed by atoms with van der Waals surface area (Å²) in [4.78, 5) is 37.8. The molecule has 4 N–H and O–H groups in total. The van der Waals surface area contributed by atoms with E-state index in [1.165, 1.54) is 25.7 Å². The highest BCUT2D eigenvalue weighted by molar-refractivity contribution is 6.05. The number of imide groups is 1. The quantitative estimate of drug-likeness (QED) is 0.636. The molecule has 2 heterocycles. The zero-order valence-corrected chi connectivity index (χ0v) is 16.1. The standard InChI is InChI=1S/C21H28N4O3/c22-12-21(7-1-2-8-21)13-23-10-14-3-4-16-15(9-14)11-25(20(16)28)17-5-6-18(26)24-19(17)27/h3-4,9,17,23H,1-2,5-8,10-13,22H2,(H,24,26,27). The van der Waals surface area contributed by atoms with E-state index in [9.17, 15) is 14.4 Å². The third-order valence-corrected chi connectivity index (χ3v) is 6.51. The first kappa shape index (κ1) is 19.1. The lowest BCUT2D eigenvalue weighted by atomic mass is 9.86. The van der Waals surface area contributed by atoms with E-state index in [-0.39, 0.29) is 29.6 Å². The summed E-state index contributed by atoms with van der Waals surface area (Å²) in [5.41, 5.74) is 8.97. The van der Waals surface area contributed by atoms with Gasteiger partial charge in [-0.15, -0.1) is 0 Å². The van der Waals surface area contributed by atoms with Gasteiger partial charge in [0.25, 0.3) is 5.91 Å². The minimum atomic E-state index is -0.564. The zero-order valence-electron chi connectivity index (χ0n) is 16.1. The maximum Gasteiger partial charge on any atom is 0.255 e. The van der Waals surface area contributed by atoms with Gasteiger partial charge >= 0.3 is 0 Å². The van der Waals surface area contributed by atoms with E-state index in [0.717, 1.165) is 30.8 Å². The summed E-state index contributed by atoms with van der Waals surface area (Å²) in [6, 6.07) is 5.32. The Morgan fingerprint density at radius 1 is 1.21 bits per heavy atom. The number of carbonyl (C=O) groups is 3. The van der Waals surface area contributed by atoms with Crippen LogP contribution in [-0.2, 0) is 22.7 Å². The molecule has 1 unspecified atom stereocenters. The summed E-state index contributed by atoms with van der Waals surface area (Å²) in [5.74, 6) is -0.767. The molecule has 3 amide bonds. The third kappa shape index (κ3) is 3.56. The molecule has 7 nitrogen and oxygen atoms in total. The monoisotopic (exact) mass is 384 g/mol. The van der Waals surface area contributed by atoms with E-state index in [1.807, 2.05) is 12.1 Å². The number of amides is 3. The van der Waals surface area contributed by atoms with Gasteiger partial charge in [-0.05, 0) is 48.4 Å². The summed E-state index contributed by atoms with van der Waals surface area (Å²) in [5, 5.41) is 5.88. The van der Waals surface area contributed by atoms with Crippen LogP contribution in [0, 0.1) is 5.41 Å². The molecular formula is C21H28N4O3. The molecule has 0 aromatic heterocycles. The summed E-state index contributed by atoms with van der Waals surface area (Å²) in [6.07, 6.45) is 5.56. The molecule has 2 aliphatic heterocycles. The summed E-state index contributed by atoms with van der Waals surface area (Å²) in [6.45, 7) is 2.80. The number of rotatable bonds is 6. The minimum Gasteiger partial charge on any atom is -0.330 e. The lowest BCUT2D eigenvalue weighted by molar-refractivity contribution is -0.136. The number of nitrogens with two attached hydrogens (primary N) is 1. The van der Waals surface area contributed by atoms with Gasteiger partial charge in [0.15, 0.2) is 0 Å². The Kier molecular flexibility index (Phi) is 5.21. The van der Waals surface area contributed by atoms with Crippen LogP contribution >= 0.6 is 0 Å². The highest BCUT2D eigenvalue weighted by Crippen LogP contribution is 2.36. The zero-order chi connectivity index (χ0) is 19.7. The van der Waals surface area contributed by atoms with Gasteiger partial charge in [-0.25, -0.2) is 0 Å². The molecule has 1 aliphatic carbocycles.